The van der Waals surface area contributed by atoms with E-state index < -0.39 is 0 Å². The molecule has 0 saturated carbocycles. The second-order valence-electron chi connectivity index (χ2n) is 3.62. The van der Waals surface area contributed by atoms with Crippen molar-refractivity contribution in [2.75, 3.05) is 13.1 Å². The minimum absolute atomic E-state index is 0.903. The van der Waals surface area contributed by atoms with Crippen LogP contribution in [0.2, 0.25) is 5.02 Å². The Labute approximate surface area is 84.1 Å². The third-order valence-electron chi connectivity index (χ3n) is 2.62. The molecule has 1 aromatic rings. The Bertz CT molecular complexity index is 289. The van der Waals surface area contributed by atoms with Crippen molar-refractivity contribution in [1.82, 2.24) is 5.32 Å². The van der Waals surface area contributed by atoms with Crippen molar-refractivity contribution in [3.63, 3.8) is 0 Å². The molecule has 0 unspecified atom stereocenters. The molecule has 0 spiro atoms. The first-order valence-corrected chi connectivity index (χ1v) is 5.14. The molecule has 0 fully saturated rings. The number of halogens is 1. The van der Waals surface area contributed by atoms with Crippen molar-refractivity contribution in [2.24, 2.45) is 0 Å². The van der Waals surface area contributed by atoms with E-state index in [2.05, 4.69) is 24.4 Å². The maximum atomic E-state index is 6.08. The number of nitrogens with one attached hydrogen (secondary N) is 1. The summed E-state index contributed by atoms with van der Waals surface area (Å²) in [6.07, 6.45) is 2.24. The van der Waals surface area contributed by atoms with Crippen molar-refractivity contribution >= 4 is 11.6 Å². The van der Waals surface area contributed by atoms with Crippen LogP contribution in [-0.2, 0) is 12.8 Å². The predicted octanol–water partition coefficient (Wildman–Crippen LogP) is 2.34. The molecule has 1 aliphatic rings. The molecule has 13 heavy (non-hydrogen) atoms. The first-order valence-electron chi connectivity index (χ1n) is 4.76. The van der Waals surface area contributed by atoms with Gasteiger partial charge >= 0.3 is 0 Å². The molecule has 70 valence electrons. The number of hydrogen-bond acceptors (Lipinski definition) is 1. The molecular weight excluding hydrogens is 182 g/mol. The van der Waals surface area contributed by atoms with Gasteiger partial charge < -0.3 is 5.32 Å². The average Bonchev–Trinajstić information content (AvgIpc) is 2.31. The van der Waals surface area contributed by atoms with Crippen LogP contribution in [0.25, 0.3) is 0 Å². The Morgan fingerprint density at radius 1 is 1.15 bits per heavy atom. The van der Waals surface area contributed by atoms with E-state index >= 15 is 0 Å². The molecule has 0 atom stereocenters. The lowest BCUT2D eigenvalue weighted by atomic mass is 10.0. The minimum atomic E-state index is 0.903. The third-order valence-corrected chi connectivity index (χ3v) is 3.03. The van der Waals surface area contributed by atoms with Crippen LogP contribution in [0.3, 0.4) is 0 Å². The van der Waals surface area contributed by atoms with Crippen LogP contribution in [0, 0.1) is 6.92 Å². The van der Waals surface area contributed by atoms with Gasteiger partial charge in [0.25, 0.3) is 0 Å². The molecule has 0 saturated heterocycles. The zero-order chi connectivity index (χ0) is 9.26. The molecule has 2 heteroatoms. The Morgan fingerprint density at radius 2 is 1.77 bits per heavy atom. The van der Waals surface area contributed by atoms with E-state index in [0.29, 0.717) is 0 Å². The zero-order valence-electron chi connectivity index (χ0n) is 7.86. The predicted molar refractivity (Wildman–Crippen MR) is 56.5 cm³/mol. The molecule has 1 heterocycles. The fourth-order valence-electron chi connectivity index (χ4n) is 1.82. The monoisotopic (exact) mass is 195 g/mol. The lowest BCUT2D eigenvalue weighted by Gasteiger charge is -2.07. The SMILES string of the molecule is Cc1cc2c(cc1Cl)CCNCC2. The van der Waals surface area contributed by atoms with Crippen molar-refractivity contribution in [3.8, 4) is 0 Å². The van der Waals surface area contributed by atoms with Gasteiger partial charge in [0.15, 0.2) is 0 Å². The highest BCUT2D eigenvalue weighted by molar-refractivity contribution is 6.31. The maximum Gasteiger partial charge on any atom is 0.0438 e. The summed E-state index contributed by atoms with van der Waals surface area (Å²) in [6, 6.07) is 4.35. The normalized spacial score (nSPS) is 16.5. The lowest BCUT2D eigenvalue weighted by Crippen LogP contribution is -2.16. The van der Waals surface area contributed by atoms with Crippen molar-refractivity contribution in [2.45, 2.75) is 19.8 Å². The Balaban J connectivity index is 2.43. The molecular formula is C11H14ClN. The van der Waals surface area contributed by atoms with Crippen molar-refractivity contribution < 1.29 is 0 Å². The largest absolute Gasteiger partial charge is 0.316 e. The van der Waals surface area contributed by atoms with Gasteiger partial charge in [0.05, 0.1) is 0 Å². The highest BCUT2D eigenvalue weighted by atomic mass is 35.5. The zero-order valence-corrected chi connectivity index (χ0v) is 8.62. The summed E-state index contributed by atoms with van der Waals surface area (Å²) in [5.41, 5.74) is 4.08. The molecule has 0 aliphatic carbocycles. The second-order valence-corrected chi connectivity index (χ2v) is 4.03. The van der Waals surface area contributed by atoms with Gasteiger partial charge in [-0.2, -0.15) is 0 Å². The fraction of sp³-hybridized carbons (Fsp3) is 0.455. The van der Waals surface area contributed by atoms with Crippen LogP contribution in [0.1, 0.15) is 16.7 Å². The Hall–Kier alpha value is -0.530. The Morgan fingerprint density at radius 3 is 2.46 bits per heavy atom. The fourth-order valence-corrected chi connectivity index (χ4v) is 2.01. The summed E-state index contributed by atoms with van der Waals surface area (Å²) in [5, 5.41) is 4.29. The van der Waals surface area contributed by atoms with Crippen LogP contribution in [0.5, 0.6) is 0 Å². The Kier molecular flexibility index (Phi) is 2.56. The van der Waals surface area contributed by atoms with Gasteiger partial charge in [0, 0.05) is 5.02 Å². The highest BCUT2D eigenvalue weighted by Crippen LogP contribution is 2.22. The molecule has 0 amide bonds. The van der Waals surface area contributed by atoms with Gasteiger partial charge in [-0.05, 0) is 55.6 Å². The third kappa shape index (κ3) is 1.87. The number of rotatable bonds is 0. The second kappa shape index (κ2) is 3.69. The molecule has 1 N–H and O–H groups in total. The summed E-state index contributed by atoms with van der Waals surface area (Å²) in [5.74, 6) is 0. The molecule has 0 aromatic heterocycles. The highest BCUT2D eigenvalue weighted by Gasteiger charge is 2.08. The van der Waals surface area contributed by atoms with E-state index in [1.165, 1.54) is 16.7 Å². The smallest absolute Gasteiger partial charge is 0.0438 e. The summed E-state index contributed by atoms with van der Waals surface area (Å²) < 4.78 is 0. The van der Waals surface area contributed by atoms with E-state index in [9.17, 15) is 0 Å². The molecule has 2 rings (SSSR count). The first-order chi connectivity index (χ1) is 6.27. The number of aryl methyl sites for hydroxylation is 1. The van der Waals surface area contributed by atoms with E-state index in [4.69, 9.17) is 11.6 Å². The van der Waals surface area contributed by atoms with Crippen LogP contribution in [0.15, 0.2) is 12.1 Å². The topological polar surface area (TPSA) is 12.0 Å². The summed E-state index contributed by atoms with van der Waals surface area (Å²) in [7, 11) is 0. The lowest BCUT2D eigenvalue weighted by molar-refractivity contribution is 0.711. The number of benzene rings is 1. The van der Waals surface area contributed by atoms with Gasteiger partial charge in [-0.15, -0.1) is 0 Å². The molecule has 1 aliphatic heterocycles. The van der Waals surface area contributed by atoms with Gasteiger partial charge in [0.1, 0.15) is 0 Å². The summed E-state index contributed by atoms with van der Waals surface area (Å²) in [6.45, 7) is 4.24. The number of fused-ring (bicyclic) bond motifs is 1. The van der Waals surface area contributed by atoms with Crippen LogP contribution in [-0.4, -0.2) is 13.1 Å². The van der Waals surface area contributed by atoms with E-state index in [1.54, 1.807) is 0 Å². The molecule has 0 radical (unpaired) electrons. The van der Waals surface area contributed by atoms with Gasteiger partial charge in [-0.3, -0.25) is 0 Å². The van der Waals surface area contributed by atoms with E-state index in [0.717, 1.165) is 31.0 Å². The van der Waals surface area contributed by atoms with Gasteiger partial charge in [-0.1, -0.05) is 17.7 Å². The van der Waals surface area contributed by atoms with Gasteiger partial charge in [0.2, 0.25) is 0 Å². The van der Waals surface area contributed by atoms with Crippen LogP contribution in [0.4, 0.5) is 0 Å². The van der Waals surface area contributed by atoms with E-state index in [1.807, 2.05) is 0 Å². The molecule has 1 aromatic carbocycles. The average molecular weight is 196 g/mol. The van der Waals surface area contributed by atoms with Crippen molar-refractivity contribution in [1.29, 1.82) is 0 Å². The van der Waals surface area contributed by atoms with Crippen LogP contribution >= 0.6 is 11.6 Å². The molecule has 0 bridgehead atoms. The minimum Gasteiger partial charge on any atom is -0.316 e. The van der Waals surface area contributed by atoms with Gasteiger partial charge in [-0.25, -0.2) is 0 Å². The standard InChI is InChI=1S/C11H14ClN/c1-8-6-9-2-4-13-5-3-10(9)7-11(8)12/h6-7,13H,2-5H2,1H3. The maximum absolute atomic E-state index is 6.08. The first kappa shape index (κ1) is 9.04. The summed E-state index contributed by atoms with van der Waals surface area (Å²) >= 11 is 6.08. The number of hydrogen-bond donors (Lipinski definition) is 1. The van der Waals surface area contributed by atoms with Crippen molar-refractivity contribution in [3.05, 3.63) is 33.8 Å². The summed E-state index contributed by atoms with van der Waals surface area (Å²) in [4.78, 5) is 0. The van der Waals surface area contributed by atoms with E-state index in [-0.39, 0.29) is 0 Å². The molecule has 1 nitrogen and oxygen atoms in total. The quantitative estimate of drug-likeness (QED) is 0.670. The van der Waals surface area contributed by atoms with Crippen LogP contribution < -0.4 is 5.32 Å².